The summed E-state index contributed by atoms with van der Waals surface area (Å²) in [7, 11) is 0. The van der Waals surface area contributed by atoms with Crippen molar-refractivity contribution >= 4 is 0 Å². The lowest BCUT2D eigenvalue weighted by Gasteiger charge is -2.61. The molecule has 0 spiro atoms. The predicted molar refractivity (Wildman–Crippen MR) is 107 cm³/mol. The van der Waals surface area contributed by atoms with Gasteiger partial charge in [0.2, 0.25) is 0 Å². The minimum atomic E-state index is -1.65. The number of ether oxygens (including phenoxy) is 2. The van der Waals surface area contributed by atoms with E-state index < -0.39 is 84.6 Å². The highest BCUT2D eigenvalue weighted by molar-refractivity contribution is 5.12. The van der Waals surface area contributed by atoms with Gasteiger partial charge in [-0.25, -0.2) is 0 Å². The van der Waals surface area contributed by atoms with Crippen LogP contribution in [0.2, 0.25) is 0 Å². The SMILES string of the molecule is CC(C)(O)[C@@H]1CC[C@@]2(CO)[C@@H]([C@@H]1O[C@@H]1O[C@@H](CO)[C@@H](O)[C@H](O)[C@@H]1O)[C@@](C)(O)CC[C@@H]2O. The summed E-state index contributed by atoms with van der Waals surface area (Å²) in [4.78, 5) is 0. The summed E-state index contributed by atoms with van der Waals surface area (Å²) in [5.74, 6) is -1.37. The molecule has 182 valence electrons. The van der Waals surface area contributed by atoms with Crippen LogP contribution in [0.5, 0.6) is 0 Å². The first-order valence-electron chi connectivity index (χ1n) is 11.0. The van der Waals surface area contributed by atoms with Gasteiger partial charge in [0.05, 0.1) is 36.6 Å². The molecule has 0 radical (unpaired) electrons. The summed E-state index contributed by atoms with van der Waals surface area (Å²) in [5.41, 5.74) is -3.70. The molecule has 3 aliphatic rings. The van der Waals surface area contributed by atoms with Gasteiger partial charge in [-0.15, -0.1) is 0 Å². The van der Waals surface area contributed by atoms with Crippen LogP contribution in [0.25, 0.3) is 0 Å². The van der Waals surface area contributed by atoms with E-state index in [1.807, 2.05) is 0 Å². The first-order chi connectivity index (χ1) is 14.3. The van der Waals surface area contributed by atoms with E-state index in [4.69, 9.17) is 9.47 Å². The maximum atomic E-state index is 11.3. The van der Waals surface area contributed by atoms with Gasteiger partial charge in [0, 0.05) is 17.3 Å². The number of fused-ring (bicyclic) bond motifs is 1. The second kappa shape index (κ2) is 8.75. The van der Waals surface area contributed by atoms with Crippen LogP contribution in [0.4, 0.5) is 0 Å². The first-order valence-corrected chi connectivity index (χ1v) is 11.0. The standard InChI is InChI=1S/C21H38O10/c1-19(2,28)10-4-7-21(9-23)12(24)5-6-20(3,29)17(21)16(10)31-18-15(27)14(26)13(25)11(8-22)30-18/h10-18,22-29H,4-9H2,1-3H3/t10-,11+,12+,13-,14+,15+,16-,17+,18+,20+,21+/m1/s1. The third kappa shape index (κ3) is 4.28. The Morgan fingerprint density at radius 1 is 1.00 bits per heavy atom. The minimum Gasteiger partial charge on any atom is -0.396 e. The van der Waals surface area contributed by atoms with Gasteiger partial charge in [-0.05, 0) is 46.5 Å². The molecule has 2 saturated carbocycles. The molecule has 0 aromatic carbocycles. The zero-order valence-electron chi connectivity index (χ0n) is 18.3. The first kappa shape index (κ1) is 25.2. The average Bonchev–Trinajstić information content (AvgIpc) is 2.70. The molecule has 1 heterocycles. The van der Waals surface area contributed by atoms with Crippen LogP contribution in [-0.2, 0) is 9.47 Å². The van der Waals surface area contributed by atoms with Crippen LogP contribution >= 0.6 is 0 Å². The Balaban J connectivity index is 2.01. The van der Waals surface area contributed by atoms with Crippen molar-refractivity contribution in [2.24, 2.45) is 17.3 Å². The van der Waals surface area contributed by atoms with Crippen molar-refractivity contribution in [2.45, 2.75) is 101 Å². The molecule has 0 bridgehead atoms. The monoisotopic (exact) mass is 450 g/mol. The molecule has 8 N–H and O–H groups in total. The second-order valence-electron chi connectivity index (χ2n) is 10.4. The lowest BCUT2D eigenvalue weighted by Crippen LogP contribution is -2.69. The van der Waals surface area contributed by atoms with E-state index in [-0.39, 0.29) is 6.42 Å². The Kier molecular flexibility index (Phi) is 7.12. The minimum absolute atomic E-state index is 0.244. The van der Waals surface area contributed by atoms with Gasteiger partial charge >= 0.3 is 0 Å². The molecule has 0 unspecified atom stereocenters. The molecular formula is C21H38O10. The lowest BCUT2D eigenvalue weighted by atomic mass is 9.49. The van der Waals surface area contributed by atoms with Gasteiger partial charge in [0.15, 0.2) is 6.29 Å². The largest absolute Gasteiger partial charge is 0.396 e. The summed E-state index contributed by atoms with van der Waals surface area (Å²) >= 11 is 0. The van der Waals surface area contributed by atoms with E-state index >= 15 is 0 Å². The van der Waals surface area contributed by atoms with Crippen LogP contribution in [-0.4, -0.2) is 108 Å². The van der Waals surface area contributed by atoms with Gasteiger partial charge in [0.25, 0.3) is 0 Å². The molecule has 2 aliphatic carbocycles. The topological polar surface area (TPSA) is 180 Å². The van der Waals surface area contributed by atoms with Crippen LogP contribution < -0.4 is 0 Å². The highest BCUT2D eigenvalue weighted by atomic mass is 16.7. The predicted octanol–water partition coefficient (Wildman–Crippen LogP) is -2.15. The maximum absolute atomic E-state index is 11.3. The summed E-state index contributed by atoms with van der Waals surface area (Å²) in [6.45, 7) is 3.78. The Hall–Kier alpha value is -0.400. The summed E-state index contributed by atoms with van der Waals surface area (Å²) < 4.78 is 11.6. The highest BCUT2D eigenvalue weighted by Crippen LogP contribution is 2.58. The van der Waals surface area contributed by atoms with Crippen LogP contribution in [0.1, 0.15) is 46.5 Å². The summed E-state index contributed by atoms with van der Waals surface area (Å²) in [6, 6.07) is 0. The fourth-order valence-corrected chi connectivity index (χ4v) is 6.07. The molecule has 3 fully saturated rings. The van der Waals surface area contributed by atoms with Crippen molar-refractivity contribution in [3.8, 4) is 0 Å². The normalized spacial score (nSPS) is 51.4. The van der Waals surface area contributed by atoms with Crippen LogP contribution in [0, 0.1) is 17.3 Å². The smallest absolute Gasteiger partial charge is 0.186 e. The zero-order valence-corrected chi connectivity index (χ0v) is 18.3. The molecule has 1 aliphatic heterocycles. The molecule has 31 heavy (non-hydrogen) atoms. The van der Waals surface area contributed by atoms with E-state index in [9.17, 15) is 40.9 Å². The zero-order chi connectivity index (χ0) is 23.4. The Bertz CT molecular complexity index is 620. The number of rotatable bonds is 5. The van der Waals surface area contributed by atoms with Crippen LogP contribution in [0.15, 0.2) is 0 Å². The Labute approximate surface area is 182 Å². The molecule has 0 amide bonds. The van der Waals surface area contributed by atoms with Crippen molar-refractivity contribution in [2.75, 3.05) is 13.2 Å². The summed E-state index contributed by atoms with van der Waals surface area (Å²) in [5, 5.41) is 83.5. The van der Waals surface area contributed by atoms with Gasteiger partial charge < -0.3 is 50.3 Å². The lowest BCUT2D eigenvalue weighted by molar-refractivity contribution is -0.345. The molecule has 11 atom stereocenters. The van der Waals surface area contributed by atoms with Gasteiger partial charge in [-0.2, -0.15) is 0 Å². The van der Waals surface area contributed by atoms with Crippen molar-refractivity contribution < 1.29 is 50.3 Å². The number of hydrogen-bond donors (Lipinski definition) is 8. The molecule has 10 heteroatoms. The average molecular weight is 451 g/mol. The van der Waals surface area contributed by atoms with E-state index in [1.54, 1.807) is 20.8 Å². The van der Waals surface area contributed by atoms with Crippen molar-refractivity contribution in [3.63, 3.8) is 0 Å². The maximum Gasteiger partial charge on any atom is 0.186 e. The summed E-state index contributed by atoms with van der Waals surface area (Å²) in [6.07, 6.45) is -8.07. The van der Waals surface area contributed by atoms with Gasteiger partial charge in [-0.1, -0.05) is 0 Å². The fourth-order valence-electron chi connectivity index (χ4n) is 6.07. The molecule has 0 aromatic rings. The van der Waals surface area contributed by atoms with E-state index in [0.29, 0.717) is 19.3 Å². The molecular weight excluding hydrogens is 412 g/mol. The second-order valence-corrected chi connectivity index (χ2v) is 10.4. The third-order valence-electron chi connectivity index (χ3n) is 7.86. The molecule has 0 aromatic heterocycles. The van der Waals surface area contributed by atoms with E-state index in [0.717, 1.165) is 0 Å². The molecule has 1 saturated heterocycles. The number of aliphatic hydroxyl groups excluding tert-OH is 6. The number of hydrogen-bond acceptors (Lipinski definition) is 10. The van der Waals surface area contributed by atoms with Crippen molar-refractivity contribution in [1.82, 2.24) is 0 Å². The third-order valence-corrected chi connectivity index (χ3v) is 7.86. The van der Waals surface area contributed by atoms with Crippen molar-refractivity contribution in [1.29, 1.82) is 0 Å². The highest BCUT2D eigenvalue weighted by Gasteiger charge is 2.64. The number of aliphatic hydroxyl groups is 8. The van der Waals surface area contributed by atoms with E-state index in [1.165, 1.54) is 0 Å². The fraction of sp³-hybridized carbons (Fsp3) is 1.00. The Morgan fingerprint density at radius 2 is 1.65 bits per heavy atom. The quantitative estimate of drug-likeness (QED) is 0.230. The van der Waals surface area contributed by atoms with Crippen LogP contribution in [0.3, 0.4) is 0 Å². The molecule has 10 nitrogen and oxygen atoms in total. The Morgan fingerprint density at radius 3 is 2.19 bits per heavy atom. The van der Waals surface area contributed by atoms with E-state index in [2.05, 4.69) is 0 Å². The van der Waals surface area contributed by atoms with Gasteiger partial charge in [-0.3, -0.25) is 0 Å². The molecule has 3 rings (SSSR count). The van der Waals surface area contributed by atoms with Crippen molar-refractivity contribution in [3.05, 3.63) is 0 Å². The van der Waals surface area contributed by atoms with Gasteiger partial charge in [0.1, 0.15) is 24.4 Å².